The number of methoxy groups -OCH3 is 1. The topological polar surface area (TPSA) is 39.1 Å². The second-order valence-electron chi connectivity index (χ2n) is 5.02. The van der Waals surface area contributed by atoms with Gasteiger partial charge in [0.15, 0.2) is 0 Å². The van der Waals surface area contributed by atoms with Gasteiger partial charge < -0.3 is 10.1 Å². The highest BCUT2D eigenvalue weighted by Crippen LogP contribution is 2.32. The zero-order valence-corrected chi connectivity index (χ0v) is 12.5. The zero-order chi connectivity index (χ0) is 14.8. The van der Waals surface area contributed by atoms with Crippen LogP contribution >= 0.6 is 0 Å². The van der Waals surface area contributed by atoms with E-state index in [9.17, 15) is 0 Å². The molecule has 0 amide bonds. The molecule has 1 N–H and O–H groups in total. The third-order valence-corrected chi connectivity index (χ3v) is 3.83. The largest absolute Gasteiger partial charge is 0.496 e. The highest BCUT2D eigenvalue weighted by atomic mass is 16.5. The Morgan fingerprint density at radius 2 is 1.95 bits per heavy atom. The summed E-state index contributed by atoms with van der Waals surface area (Å²) in [5.41, 5.74) is 3.24. The molecule has 1 heterocycles. The van der Waals surface area contributed by atoms with Gasteiger partial charge in [-0.2, -0.15) is 5.10 Å². The summed E-state index contributed by atoms with van der Waals surface area (Å²) in [6.07, 6.45) is 1.89. The van der Waals surface area contributed by atoms with Gasteiger partial charge >= 0.3 is 0 Å². The molecule has 0 aliphatic carbocycles. The lowest BCUT2D eigenvalue weighted by molar-refractivity contribution is 0.403. The van der Waals surface area contributed by atoms with Crippen LogP contribution in [0.25, 0.3) is 16.6 Å². The maximum atomic E-state index is 5.54. The Balaban J connectivity index is 2.27. The van der Waals surface area contributed by atoms with E-state index < -0.39 is 0 Å². The van der Waals surface area contributed by atoms with Crippen LogP contribution in [0, 0.1) is 0 Å². The minimum Gasteiger partial charge on any atom is -0.496 e. The van der Waals surface area contributed by atoms with Crippen molar-refractivity contribution in [1.29, 1.82) is 0 Å². The van der Waals surface area contributed by atoms with E-state index in [-0.39, 0.29) is 6.04 Å². The van der Waals surface area contributed by atoms with E-state index in [1.165, 1.54) is 0 Å². The van der Waals surface area contributed by atoms with Crippen LogP contribution in [-0.2, 0) is 0 Å². The maximum absolute atomic E-state index is 5.54. The van der Waals surface area contributed by atoms with E-state index in [1.807, 2.05) is 42.2 Å². The summed E-state index contributed by atoms with van der Waals surface area (Å²) in [5.74, 6) is 0.869. The summed E-state index contributed by atoms with van der Waals surface area (Å²) in [4.78, 5) is 0. The number of hydrogen-bond acceptors (Lipinski definition) is 3. The van der Waals surface area contributed by atoms with Crippen LogP contribution in [0.4, 0.5) is 0 Å². The third-order valence-electron chi connectivity index (χ3n) is 3.83. The minimum atomic E-state index is 0.166. The minimum absolute atomic E-state index is 0.166. The van der Waals surface area contributed by atoms with Gasteiger partial charge in [-0.1, -0.05) is 24.3 Å². The molecule has 4 heteroatoms. The van der Waals surface area contributed by atoms with Crippen molar-refractivity contribution < 1.29 is 4.74 Å². The van der Waals surface area contributed by atoms with Gasteiger partial charge in [0.2, 0.25) is 0 Å². The van der Waals surface area contributed by atoms with Gasteiger partial charge in [-0.3, -0.25) is 0 Å². The number of para-hydroxylation sites is 1. The quantitative estimate of drug-likeness (QED) is 0.797. The first-order valence-electron chi connectivity index (χ1n) is 7.03. The molecule has 4 nitrogen and oxygen atoms in total. The van der Waals surface area contributed by atoms with Gasteiger partial charge in [0.1, 0.15) is 5.75 Å². The summed E-state index contributed by atoms with van der Waals surface area (Å²) >= 11 is 0. The molecule has 0 radical (unpaired) electrons. The first-order valence-corrected chi connectivity index (χ1v) is 7.03. The van der Waals surface area contributed by atoms with E-state index in [0.717, 1.165) is 27.9 Å². The second kappa shape index (κ2) is 5.58. The fraction of sp³-hybridized carbons (Fsp3) is 0.235. The lowest BCUT2D eigenvalue weighted by atomic mass is 10.0. The molecule has 108 valence electrons. The van der Waals surface area contributed by atoms with Crippen molar-refractivity contribution in [3.05, 3.63) is 54.2 Å². The van der Waals surface area contributed by atoms with E-state index in [2.05, 4.69) is 35.5 Å². The van der Waals surface area contributed by atoms with Crippen LogP contribution in [-0.4, -0.2) is 23.9 Å². The third kappa shape index (κ3) is 2.28. The Morgan fingerprint density at radius 3 is 2.71 bits per heavy atom. The Labute approximate surface area is 124 Å². The zero-order valence-electron chi connectivity index (χ0n) is 12.5. The average Bonchev–Trinajstić information content (AvgIpc) is 2.97. The molecular formula is C17H19N3O. The van der Waals surface area contributed by atoms with Crippen LogP contribution in [0.1, 0.15) is 18.5 Å². The first kappa shape index (κ1) is 13.6. The lowest BCUT2D eigenvalue weighted by Crippen LogP contribution is -2.16. The van der Waals surface area contributed by atoms with Gasteiger partial charge in [-0.25, -0.2) is 4.68 Å². The highest BCUT2D eigenvalue weighted by molar-refractivity contribution is 5.80. The van der Waals surface area contributed by atoms with Crippen LogP contribution in [0.15, 0.2) is 48.7 Å². The molecule has 0 saturated heterocycles. The number of nitrogens with zero attached hydrogens (tertiary/aromatic N) is 2. The predicted molar refractivity (Wildman–Crippen MR) is 85.1 cm³/mol. The standard InChI is InChI=1S/C17H19N3O/c1-12(18-2)17-15(9-6-10-16(17)21-3)20-14-8-5-4-7-13(14)11-19-20/h4-12,18H,1-3H3. The summed E-state index contributed by atoms with van der Waals surface area (Å²) < 4.78 is 7.51. The molecule has 2 aromatic carbocycles. The van der Waals surface area contributed by atoms with Crippen LogP contribution in [0.5, 0.6) is 5.75 Å². The fourth-order valence-corrected chi connectivity index (χ4v) is 2.64. The lowest BCUT2D eigenvalue weighted by Gasteiger charge is -2.19. The number of hydrogen-bond donors (Lipinski definition) is 1. The van der Waals surface area contributed by atoms with Crippen molar-refractivity contribution in [3.8, 4) is 11.4 Å². The summed E-state index contributed by atoms with van der Waals surface area (Å²) in [7, 11) is 3.65. The number of nitrogens with one attached hydrogen (secondary N) is 1. The molecule has 0 bridgehead atoms. The SMILES string of the molecule is CNC(C)c1c(OC)cccc1-n1ncc2ccccc21. The van der Waals surface area contributed by atoms with Crippen molar-refractivity contribution in [3.63, 3.8) is 0 Å². The monoisotopic (exact) mass is 281 g/mol. The van der Waals surface area contributed by atoms with E-state index >= 15 is 0 Å². The smallest absolute Gasteiger partial charge is 0.125 e. The van der Waals surface area contributed by atoms with Crippen LogP contribution in [0.3, 0.4) is 0 Å². The van der Waals surface area contributed by atoms with Crippen molar-refractivity contribution >= 4 is 10.9 Å². The molecule has 1 aromatic heterocycles. The molecule has 0 saturated carbocycles. The van der Waals surface area contributed by atoms with Crippen molar-refractivity contribution in [2.75, 3.05) is 14.2 Å². The van der Waals surface area contributed by atoms with Crippen molar-refractivity contribution in [2.45, 2.75) is 13.0 Å². The predicted octanol–water partition coefficient (Wildman–Crippen LogP) is 3.31. The molecule has 0 aliphatic heterocycles. The van der Waals surface area contributed by atoms with E-state index in [1.54, 1.807) is 7.11 Å². The van der Waals surface area contributed by atoms with Gasteiger partial charge in [-0.15, -0.1) is 0 Å². The number of rotatable bonds is 4. The van der Waals surface area contributed by atoms with Gasteiger partial charge in [0.25, 0.3) is 0 Å². The van der Waals surface area contributed by atoms with E-state index in [0.29, 0.717) is 0 Å². The first-order chi connectivity index (χ1) is 10.3. The Morgan fingerprint density at radius 1 is 1.14 bits per heavy atom. The molecule has 0 fully saturated rings. The molecule has 3 rings (SSSR count). The number of ether oxygens (including phenoxy) is 1. The second-order valence-corrected chi connectivity index (χ2v) is 5.02. The number of fused-ring (bicyclic) bond motifs is 1. The van der Waals surface area contributed by atoms with Gasteiger partial charge in [-0.05, 0) is 32.2 Å². The molecule has 3 aromatic rings. The molecular weight excluding hydrogens is 262 g/mol. The van der Waals surface area contributed by atoms with Gasteiger partial charge in [0, 0.05) is 17.0 Å². The summed E-state index contributed by atoms with van der Waals surface area (Å²) in [6.45, 7) is 2.12. The fourth-order valence-electron chi connectivity index (χ4n) is 2.64. The Hall–Kier alpha value is -2.33. The molecule has 0 spiro atoms. The normalized spacial score (nSPS) is 12.5. The summed E-state index contributed by atoms with van der Waals surface area (Å²) in [5, 5.41) is 8.97. The van der Waals surface area contributed by atoms with Crippen LogP contribution in [0.2, 0.25) is 0 Å². The Bertz CT molecular complexity index is 764. The average molecular weight is 281 g/mol. The van der Waals surface area contributed by atoms with Gasteiger partial charge in [0.05, 0.1) is 24.5 Å². The highest BCUT2D eigenvalue weighted by Gasteiger charge is 2.17. The molecule has 0 aliphatic rings. The number of aromatic nitrogens is 2. The summed E-state index contributed by atoms with van der Waals surface area (Å²) in [6, 6.07) is 14.4. The molecule has 21 heavy (non-hydrogen) atoms. The number of benzene rings is 2. The Kier molecular flexibility index (Phi) is 3.62. The van der Waals surface area contributed by atoms with Crippen LogP contribution < -0.4 is 10.1 Å². The van der Waals surface area contributed by atoms with Crippen molar-refractivity contribution in [1.82, 2.24) is 15.1 Å². The molecule has 1 atom stereocenters. The molecule has 1 unspecified atom stereocenters. The van der Waals surface area contributed by atoms with E-state index in [4.69, 9.17) is 4.74 Å². The van der Waals surface area contributed by atoms with Crippen molar-refractivity contribution in [2.24, 2.45) is 0 Å². The maximum Gasteiger partial charge on any atom is 0.125 e.